The first kappa shape index (κ1) is 21.0. The van der Waals surface area contributed by atoms with Crippen LogP contribution in [0, 0.1) is 5.82 Å². The molecule has 0 heterocycles. The first-order valence-corrected chi connectivity index (χ1v) is 9.59. The Bertz CT molecular complexity index is 723. The van der Waals surface area contributed by atoms with Gasteiger partial charge in [0.1, 0.15) is 12.4 Å². The fourth-order valence-corrected chi connectivity index (χ4v) is 2.69. The van der Waals surface area contributed by atoms with Crippen LogP contribution in [0.15, 0.2) is 42.5 Å². The summed E-state index contributed by atoms with van der Waals surface area (Å²) in [5.74, 6) is 0.715. The Kier molecular flexibility index (Phi) is 8.85. The summed E-state index contributed by atoms with van der Waals surface area (Å²) in [6.07, 6.45) is 5.93. The lowest BCUT2D eigenvalue weighted by atomic mass is 10.0. The van der Waals surface area contributed by atoms with Gasteiger partial charge >= 0.3 is 0 Å². The molecular weight excluding hydrogens is 343 g/mol. The van der Waals surface area contributed by atoms with Gasteiger partial charge in [-0.3, -0.25) is 0 Å². The van der Waals surface area contributed by atoms with Gasteiger partial charge in [0.25, 0.3) is 0 Å². The van der Waals surface area contributed by atoms with Gasteiger partial charge in [0, 0.05) is 12.2 Å². The molecule has 3 nitrogen and oxygen atoms in total. The molecule has 0 aromatic heterocycles. The van der Waals surface area contributed by atoms with Crippen molar-refractivity contribution in [1.82, 2.24) is 0 Å². The van der Waals surface area contributed by atoms with Crippen molar-refractivity contribution in [3.63, 3.8) is 0 Å². The van der Waals surface area contributed by atoms with Crippen LogP contribution in [0.1, 0.15) is 39.2 Å². The van der Waals surface area contributed by atoms with Gasteiger partial charge in [-0.05, 0) is 55.7 Å². The van der Waals surface area contributed by atoms with E-state index in [2.05, 4.69) is 6.92 Å². The molecule has 0 aliphatic carbocycles. The molecular formula is C23H29FO3. The molecule has 0 aliphatic heterocycles. The molecule has 0 aliphatic rings. The zero-order valence-electron chi connectivity index (χ0n) is 16.5. The molecule has 0 spiro atoms. The number of benzene rings is 2. The zero-order chi connectivity index (χ0) is 19.5. The van der Waals surface area contributed by atoms with Crippen LogP contribution in [-0.2, 0) is 4.74 Å². The third-order valence-electron chi connectivity index (χ3n) is 4.03. The van der Waals surface area contributed by atoms with Crippen LogP contribution in [0.3, 0.4) is 0 Å². The number of rotatable bonds is 11. The highest BCUT2D eigenvalue weighted by Gasteiger charge is 2.11. The van der Waals surface area contributed by atoms with E-state index in [0.717, 1.165) is 41.9 Å². The maximum absolute atomic E-state index is 14.5. The second-order valence-corrected chi connectivity index (χ2v) is 6.15. The molecule has 0 unspecified atom stereocenters. The van der Waals surface area contributed by atoms with E-state index in [1.807, 2.05) is 56.3 Å². The van der Waals surface area contributed by atoms with E-state index in [1.165, 1.54) is 6.07 Å². The van der Waals surface area contributed by atoms with Crippen LogP contribution in [0.25, 0.3) is 17.2 Å². The summed E-state index contributed by atoms with van der Waals surface area (Å²) in [5.41, 5.74) is 2.46. The Morgan fingerprint density at radius 2 is 1.70 bits per heavy atom. The van der Waals surface area contributed by atoms with Gasteiger partial charge in [-0.1, -0.05) is 37.6 Å². The maximum atomic E-state index is 14.5. The molecule has 2 aromatic carbocycles. The van der Waals surface area contributed by atoms with Gasteiger partial charge < -0.3 is 14.2 Å². The monoisotopic (exact) mass is 372 g/mol. The van der Waals surface area contributed by atoms with Gasteiger partial charge in [-0.25, -0.2) is 4.39 Å². The molecule has 146 valence electrons. The van der Waals surface area contributed by atoms with Crippen LogP contribution < -0.4 is 9.47 Å². The summed E-state index contributed by atoms with van der Waals surface area (Å²) in [7, 11) is 0. The number of allylic oxidation sites excluding steroid dienone is 1. The topological polar surface area (TPSA) is 27.7 Å². The van der Waals surface area contributed by atoms with Crippen LogP contribution in [-0.4, -0.2) is 26.4 Å². The van der Waals surface area contributed by atoms with E-state index in [9.17, 15) is 4.39 Å². The highest BCUT2D eigenvalue weighted by molar-refractivity contribution is 5.71. The summed E-state index contributed by atoms with van der Waals surface area (Å²) in [6.45, 7) is 8.19. The minimum absolute atomic E-state index is 0.294. The lowest BCUT2D eigenvalue weighted by Crippen LogP contribution is -2.07. The summed E-state index contributed by atoms with van der Waals surface area (Å²) in [5, 5.41) is 0. The summed E-state index contributed by atoms with van der Waals surface area (Å²) in [4.78, 5) is 0. The second kappa shape index (κ2) is 11.4. The Morgan fingerprint density at radius 3 is 2.37 bits per heavy atom. The molecule has 27 heavy (non-hydrogen) atoms. The van der Waals surface area contributed by atoms with Crippen molar-refractivity contribution in [2.24, 2.45) is 0 Å². The largest absolute Gasteiger partial charge is 0.491 e. The molecule has 4 heteroatoms. The third kappa shape index (κ3) is 6.40. The van der Waals surface area contributed by atoms with Crippen molar-refractivity contribution < 1.29 is 18.6 Å². The van der Waals surface area contributed by atoms with E-state index < -0.39 is 0 Å². The molecule has 0 N–H and O–H groups in total. The normalized spacial score (nSPS) is 11.1. The molecule has 2 rings (SSSR count). The quantitative estimate of drug-likeness (QED) is 0.445. The highest BCUT2D eigenvalue weighted by Crippen LogP contribution is 2.32. The van der Waals surface area contributed by atoms with Crippen molar-refractivity contribution in [2.75, 3.05) is 26.4 Å². The molecule has 0 amide bonds. The standard InChI is InChI=1S/C23H29FO3/c1-4-7-13-25-14-15-27-21-11-9-18(10-12-21)20-16-19(8-5-2)23(26-6-3)22(24)17-20/h5,8-12,16-17H,4,6-7,13-15H2,1-3H3/b8-5+. The van der Waals surface area contributed by atoms with Gasteiger partial charge in [0.15, 0.2) is 11.6 Å². The predicted octanol–water partition coefficient (Wildman–Crippen LogP) is 6.12. The van der Waals surface area contributed by atoms with Crippen LogP contribution in [0.4, 0.5) is 4.39 Å². The molecule has 0 saturated heterocycles. The molecule has 0 atom stereocenters. The fraction of sp³-hybridized carbons (Fsp3) is 0.391. The fourth-order valence-electron chi connectivity index (χ4n) is 2.69. The van der Waals surface area contributed by atoms with Gasteiger partial charge in [0.2, 0.25) is 0 Å². The third-order valence-corrected chi connectivity index (χ3v) is 4.03. The number of hydrogen-bond acceptors (Lipinski definition) is 3. The Balaban J connectivity index is 2.05. The maximum Gasteiger partial charge on any atom is 0.166 e. The molecule has 0 radical (unpaired) electrons. The van der Waals surface area contributed by atoms with Crippen molar-refractivity contribution in [3.05, 3.63) is 53.9 Å². The Labute approximate surface area is 161 Å². The molecule has 2 aromatic rings. The van der Waals surface area contributed by atoms with Crippen LogP contribution in [0.5, 0.6) is 11.5 Å². The van der Waals surface area contributed by atoms with Crippen molar-refractivity contribution in [3.8, 4) is 22.6 Å². The lowest BCUT2D eigenvalue weighted by molar-refractivity contribution is 0.0981. The van der Waals surface area contributed by atoms with Crippen molar-refractivity contribution in [2.45, 2.75) is 33.6 Å². The lowest BCUT2D eigenvalue weighted by Gasteiger charge is -2.12. The average molecular weight is 372 g/mol. The SMILES string of the molecule is C/C=C/c1cc(-c2ccc(OCCOCCCC)cc2)cc(F)c1OCC. The second-order valence-electron chi connectivity index (χ2n) is 6.15. The number of unbranched alkanes of at least 4 members (excludes halogenated alkanes) is 1. The van der Waals surface area contributed by atoms with E-state index in [1.54, 1.807) is 0 Å². The molecule has 0 saturated carbocycles. The Hall–Kier alpha value is -2.33. The summed E-state index contributed by atoms with van der Waals surface area (Å²) in [6, 6.07) is 11.1. The number of ether oxygens (including phenoxy) is 3. The highest BCUT2D eigenvalue weighted by atomic mass is 19.1. The molecule has 0 fully saturated rings. The summed E-state index contributed by atoms with van der Waals surface area (Å²) < 4.78 is 31.1. The van der Waals surface area contributed by atoms with E-state index in [-0.39, 0.29) is 5.82 Å². The van der Waals surface area contributed by atoms with Crippen molar-refractivity contribution >= 4 is 6.08 Å². The van der Waals surface area contributed by atoms with Gasteiger partial charge in [-0.2, -0.15) is 0 Å². The predicted molar refractivity (Wildman–Crippen MR) is 109 cm³/mol. The van der Waals surface area contributed by atoms with Crippen LogP contribution in [0.2, 0.25) is 0 Å². The van der Waals surface area contributed by atoms with E-state index in [4.69, 9.17) is 14.2 Å². The van der Waals surface area contributed by atoms with Gasteiger partial charge in [-0.15, -0.1) is 0 Å². The van der Waals surface area contributed by atoms with Crippen LogP contribution >= 0.6 is 0 Å². The van der Waals surface area contributed by atoms with E-state index >= 15 is 0 Å². The first-order valence-electron chi connectivity index (χ1n) is 9.59. The minimum atomic E-state index is -0.355. The number of hydrogen-bond donors (Lipinski definition) is 0. The van der Waals surface area contributed by atoms with Gasteiger partial charge in [0.05, 0.1) is 13.2 Å². The zero-order valence-corrected chi connectivity index (χ0v) is 16.5. The van der Waals surface area contributed by atoms with Crippen molar-refractivity contribution in [1.29, 1.82) is 0 Å². The first-order chi connectivity index (χ1) is 13.2. The Morgan fingerprint density at radius 1 is 0.926 bits per heavy atom. The average Bonchev–Trinajstić information content (AvgIpc) is 2.68. The number of halogens is 1. The summed E-state index contributed by atoms with van der Waals surface area (Å²) >= 11 is 0. The minimum Gasteiger partial charge on any atom is -0.491 e. The smallest absolute Gasteiger partial charge is 0.166 e. The molecule has 0 bridgehead atoms. The van der Waals surface area contributed by atoms with E-state index in [0.29, 0.717) is 25.6 Å².